The molecule has 0 spiro atoms. The molecule has 2 aromatic heterocycles. The Morgan fingerprint density at radius 3 is 2.74 bits per heavy atom. The van der Waals surface area contributed by atoms with E-state index in [0.29, 0.717) is 38.3 Å². The summed E-state index contributed by atoms with van der Waals surface area (Å²) in [5.41, 5.74) is 1.87. The van der Waals surface area contributed by atoms with Crippen LogP contribution in [0.15, 0.2) is 66.2 Å². The van der Waals surface area contributed by atoms with E-state index in [1.165, 1.54) is 39.3 Å². The number of ether oxygens (including phenoxy) is 1. The molecule has 0 unspecified atom stereocenters. The first-order valence-electron chi connectivity index (χ1n) is 10.8. The standard InChI is InChI=1S/C26H20FN3O4S/c1-3-10-30-19-11-17(6-9-21(19)34-13-22(30)32)20(31)12-29-14-28-25-24(26(29)33)23(15(2)35-25)16-4-7-18(27)8-5-16/h3-9,11,14H,1,10,12-13H2,2H3. The maximum Gasteiger partial charge on any atom is 0.265 e. The van der Waals surface area contributed by atoms with Crippen molar-refractivity contribution in [3.63, 3.8) is 0 Å². The molecule has 0 bridgehead atoms. The summed E-state index contributed by atoms with van der Waals surface area (Å²) in [4.78, 5) is 46.1. The molecule has 7 nitrogen and oxygen atoms in total. The number of aromatic nitrogens is 2. The van der Waals surface area contributed by atoms with Gasteiger partial charge in [-0.15, -0.1) is 17.9 Å². The van der Waals surface area contributed by atoms with Crippen LogP contribution in [0.4, 0.5) is 10.1 Å². The summed E-state index contributed by atoms with van der Waals surface area (Å²) in [5.74, 6) is -0.409. The summed E-state index contributed by atoms with van der Waals surface area (Å²) < 4.78 is 20.2. The van der Waals surface area contributed by atoms with Crippen LogP contribution in [0.1, 0.15) is 15.2 Å². The molecule has 0 N–H and O–H groups in total. The molecule has 0 saturated carbocycles. The van der Waals surface area contributed by atoms with Gasteiger partial charge in [-0.1, -0.05) is 18.2 Å². The van der Waals surface area contributed by atoms with Gasteiger partial charge in [-0.3, -0.25) is 19.0 Å². The van der Waals surface area contributed by atoms with Gasteiger partial charge in [-0.25, -0.2) is 9.37 Å². The highest BCUT2D eigenvalue weighted by molar-refractivity contribution is 7.19. The van der Waals surface area contributed by atoms with Crippen LogP contribution in [0.3, 0.4) is 0 Å². The molecule has 0 aliphatic carbocycles. The molecule has 176 valence electrons. The van der Waals surface area contributed by atoms with E-state index in [1.54, 1.807) is 36.4 Å². The number of hydrogen-bond acceptors (Lipinski definition) is 6. The highest BCUT2D eigenvalue weighted by Gasteiger charge is 2.26. The monoisotopic (exact) mass is 489 g/mol. The lowest BCUT2D eigenvalue weighted by molar-refractivity contribution is -0.121. The molecule has 1 amide bonds. The Labute approximate surface area is 203 Å². The Morgan fingerprint density at radius 2 is 2.00 bits per heavy atom. The lowest BCUT2D eigenvalue weighted by atomic mass is 10.0. The Bertz CT molecular complexity index is 1560. The number of fused-ring (bicyclic) bond motifs is 2. The Balaban J connectivity index is 1.51. The van der Waals surface area contributed by atoms with Gasteiger partial charge in [0.2, 0.25) is 0 Å². The van der Waals surface area contributed by atoms with E-state index >= 15 is 0 Å². The van der Waals surface area contributed by atoms with Gasteiger partial charge in [-0.05, 0) is 42.8 Å². The minimum Gasteiger partial charge on any atom is -0.482 e. The van der Waals surface area contributed by atoms with Crippen LogP contribution in [-0.2, 0) is 11.3 Å². The van der Waals surface area contributed by atoms with Crippen molar-refractivity contribution in [2.75, 3.05) is 18.1 Å². The molecular formula is C26H20FN3O4S. The average Bonchev–Trinajstić information content (AvgIpc) is 3.19. The van der Waals surface area contributed by atoms with Crippen LogP contribution in [0.25, 0.3) is 21.3 Å². The van der Waals surface area contributed by atoms with Crippen LogP contribution in [0, 0.1) is 12.7 Å². The van der Waals surface area contributed by atoms with Crippen molar-refractivity contribution < 1.29 is 18.7 Å². The topological polar surface area (TPSA) is 81.5 Å². The second kappa shape index (κ2) is 8.92. The smallest absolute Gasteiger partial charge is 0.265 e. The maximum absolute atomic E-state index is 13.4. The fraction of sp³-hybridized carbons (Fsp3) is 0.154. The van der Waals surface area contributed by atoms with E-state index < -0.39 is 0 Å². The van der Waals surface area contributed by atoms with Crippen molar-refractivity contribution in [1.29, 1.82) is 0 Å². The molecule has 35 heavy (non-hydrogen) atoms. The number of amides is 1. The predicted octanol–water partition coefficient (Wildman–Crippen LogP) is 4.37. The number of rotatable bonds is 6. The van der Waals surface area contributed by atoms with Gasteiger partial charge >= 0.3 is 0 Å². The average molecular weight is 490 g/mol. The van der Waals surface area contributed by atoms with E-state index in [0.717, 1.165) is 4.88 Å². The number of carbonyl (C=O) groups excluding carboxylic acids is 2. The molecule has 0 atom stereocenters. The molecule has 5 rings (SSSR count). The summed E-state index contributed by atoms with van der Waals surface area (Å²) in [6.07, 6.45) is 2.96. The van der Waals surface area contributed by atoms with Crippen molar-refractivity contribution >= 4 is 38.9 Å². The summed E-state index contributed by atoms with van der Waals surface area (Å²) in [7, 11) is 0. The van der Waals surface area contributed by atoms with E-state index in [1.807, 2.05) is 6.92 Å². The van der Waals surface area contributed by atoms with Crippen LogP contribution in [0.5, 0.6) is 5.75 Å². The number of benzene rings is 2. The van der Waals surface area contributed by atoms with Gasteiger partial charge in [0.1, 0.15) is 16.4 Å². The fourth-order valence-corrected chi connectivity index (χ4v) is 5.17. The number of nitrogens with zero attached hydrogens (tertiary/aromatic N) is 3. The highest BCUT2D eigenvalue weighted by Crippen LogP contribution is 2.36. The molecule has 1 aliphatic heterocycles. The van der Waals surface area contributed by atoms with Crippen molar-refractivity contribution in [3.8, 4) is 16.9 Å². The largest absolute Gasteiger partial charge is 0.482 e. The molecule has 1 aliphatic rings. The minimum atomic E-state index is -0.365. The third-order valence-corrected chi connectivity index (χ3v) is 6.85. The second-order valence-electron chi connectivity index (χ2n) is 8.09. The lowest BCUT2D eigenvalue weighted by Crippen LogP contribution is -2.39. The van der Waals surface area contributed by atoms with Gasteiger partial charge in [0.15, 0.2) is 12.4 Å². The zero-order valence-corrected chi connectivity index (χ0v) is 19.6. The lowest BCUT2D eigenvalue weighted by Gasteiger charge is -2.28. The third-order valence-electron chi connectivity index (χ3n) is 5.84. The second-order valence-corrected chi connectivity index (χ2v) is 9.29. The van der Waals surface area contributed by atoms with Gasteiger partial charge in [-0.2, -0.15) is 0 Å². The minimum absolute atomic E-state index is 0.0777. The zero-order valence-electron chi connectivity index (χ0n) is 18.8. The van der Waals surface area contributed by atoms with Crippen LogP contribution < -0.4 is 15.2 Å². The number of aryl methyl sites for hydroxylation is 1. The van der Waals surface area contributed by atoms with Crippen molar-refractivity contribution in [1.82, 2.24) is 9.55 Å². The number of halogens is 1. The molecule has 0 saturated heterocycles. The summed E-state index contributed by atoms with van der Waals surface area (Å²) in [6, 6.07) is 10.8. The number of Topliss-reactive ketones (excluding diaryl/α,β-unsaturated/α-hetero) is 1. The van der Waals surface area contributed by atoms with E-state index in [2.05, 4.69) is 11.6 Å². The predicted molar refractivity (Wildman–Crippen MR) is 133 cm³/mol. The SMILES string of the molecule is C=CCN1C(=O)COc2ccc(C(=O)Cn3cnc4sc(C)c(-c5ccc(F)cc5)c4c3=O)cc21. The number of thiophene rings is 1. The summed E-state index contributed by atoms with van der Waals surface area (Å²) in [5, 5.41) is 0.399. The number of hydrogen-bond donors (Lipinski definition) is 0. The molecule has 3 heterocycles. The van der Waals surface area contributed by atoms with E-state index in [4.69, 9.17) is 4.74 Å². The highest BCUT2D eigenvalue weighted by atomic mass is 32.1. The first-order valence-corrected chi connectivity index (χ1v) is 11.6. The normalized spacial score (nSPS) is 13.0. The first-order chi connectivity index (χ1) is 16.9. The van der Waals surface area contributed by atoms with Crippen molar-refractivity contribution in [2.24, 2.45) is 0 Å². The molecular weight excluding hydrogens is 469 g/mol. The summed E-state index contributed by atoms with van der Waals surface area (Å²) >= 11 is 1.37. The number of ketones is 1. The zero-order chi connectivity index (χ0) is 24.7. The van der Waals surface area contributed by atoms with Crippen LogP contribution >= 0.6 is 11.3 Å². The van der Waals surface area contributed by atoms with Crippen molar-refractivity contribution in [3.05, 3.63) is 88.1 Å². The molecule has 2 aromatic carbocycles. The van der Waals surface area contributed by atoms with Gasteiger partial charge in [0.05, 0.1) is 23.9 Å². The third kappa shape index (κ3) is 4.04. The molecule has 0 fully saturated rings. The van der Waals surface area contributed by atoms with Crippen molar-refractivity contribution in [2.45, 2.75) is 13.5 Å². The van der Waals surface area contributed by atoms with Gasteiger partial charge in [0.25, 0.3) is 11.5 Å². The maximum atomic E-state index is 13.4. The molecule has 0 radical (unpaired) electrons. The quantitative estimate of drug-likeness (QED) is 0.297. The van der Waals surface area contributed by atoms with Gasteiger partial charge in [0, 0.05) is 22.5 Å². The Morgan fingerprint density at radius 1 is 1.23 bits per heavy atom. The van der Waals surface area contributed by atoms with Crippen LogP contribution in [-0.4, -0.2) is 34.4 Å². The summed E-state index contributed by atoms with van der Waals surface area (Å²) in [6.45, 7) is 5.54. The first kappa shape index (κ1) is 22.7. The van der Waals surface area contributed by atoms with Gasteiger partial charge < -0.3 is 9.64 Å². The fourth-order valence-electron chi connectivity index (χ4n) is 4.17. The Kier molecular flexibility index (Phi) is 5.78. The van der Waals surface area contributed by atoms with E-state index in [-0.39, 0.29) is 42.8 Å². The molecule has 4 aromatic rings. The molecule has 9 heteroatoms. The van der Waals surface area contributed by atoms with E-state index in [9.17, 15) is 18.8 Å². The Hall–Kier alpha value is -4.11. The number of anilines is 1. The number of carbonyl (C=O) groups is 2. The van der Waals surface area contributed by atoms with Crippen LogP contribution in [0.2, 0.25) is 0 Å².